The van der Waals surface area contributed by atoms with Crippen molar-refractivity contribution in [1.82, 2.24) is 4.98 Å². The molecule has 0 aliphatic heterocycles. The van der Waals surface area contributed by atoms with E-state index < -0.39 is 0 Å². The standard InChI is InChI=1S/C34H37NOS/c1-32(2,3)24-18-21(17-20-11-9-10-12-22(20)24)29-31-23(13-16-35-29)27-26(37-31)19-25-28(30(27)36-8)34(6,7)15-14-33(25,4)5/h9-13,16-19H,14-15H2,1-8H3. The van der Waals surface area contributed by atoms with Crippen LogP contribution in [0.4, 0.5) is 0 Å². The van der Waals surface area contributed by atoms with Crippen molar-refractivity contribution in [3.8, 4) is 17.0 Å². The highest BCUT2D eigenvalue weighted by molar-refractivity contribution is 7.26. The zero-order valence-electron chi connectivity index (χ0n) is 23.4. The summed E-state index contributed by atoms with van der Waals surface area (Å²) in [6, 6.07) is 18.0. The molecular weight excluding hydrogens is 470 g/mol. The maximum Gasteiger partial charge on any atom is 0.132 e. The van der Waals surface area contributed by atoms with Crippen molar-refractivity contribution in [3.05, 3.63) is 71.4 Å². The fraction of sp³-hybridized carbons (Fsp3) is 0.382. The number of ether oxygens (including phenoxy) is 1. The number of nitrogens with zero attached hydrogens (tertiary/aromatic N) is 1. The highest BCUT2D eigenvalue weighted by atomic mass is 32.1. The van der Waals surface area contributed by atoms with Gasteiger partial charge in [-0.2, -0.15) is 0 Å². The van der Waals surface area contributed by atoms with Crippen LogP contribution >= 0.6 is 11.3 Å². The number of pyridine rings is 1. The van der Waals surface area contributed by atoms with Crippen LogP contribution in [-0.2, 0) is 16.2 Å². The quantitative estimate of drug-likeness (QED) is 0.237. The molecule has 0 atom stereocenters. The van der Waals surface area contributed by atoms with Gasteiger partial charge in [-0.1, -0.05) is 72.7 Å². The average Bonchev–Trinajstić information content (AvgIpc) is 3.23. The Hall–Kier alpha value is -2.91. The predicted octanol–water partition coefficient (Wildman–Crippen LogP) is 9.92. The van der Waals surface area contributed by atoms with Crippen LogP contribution in [0, 0.1) is 0 Å². The third kappa shape index (κ3) is 3.69. The number of thiophene rings is 1. The Bertz CT molecular complexity index is 1700. The Kier molecular flexibility index (Phi) is 5.31. The molecule has 0 unspecified atom stereocenters. The molecule has 6 rings (SSSR count). The second kappa shape index (κ2) is 8.04. The predicted molar refractivity (Wildman–Crippen MR) is 161 cm³/mol. The first kappa shape index (κ1) is 24.4. The highest BCUT2D eigenvalue weighted by Crippen LogP contribution is 2.54. The Balaban J connectivity index is 1.70. The molecule has 1 aliphatic rings. The summed E-state index contributed by atoms with van der Waals surface area (Å²) in [7, 11) is 1.84. The number of hydrogen-bond donors (Lipinski definition) is 0. The van der Waals surface area contributed by atoms with Gasteiger partial charge in [-0.15, -0.1) is 11.3 Å². The molecule has 0 fully saturated rings. The zero-order valence-corrected chi connectivity index (χ0v) is 24.2. The van der Waals surface area contributed by atoms with Gasteiger partial charge in [-0.3, -0.25) is 4.98 Å². The maximum atomic E-state index is 6.27. The fourth-order valence-electron chi connectivity index (χ4n) is 6.40. The lowest BCUT2D eigenvalue weighted by Gasteiger charge is -2.42. The largest absolute Gasteiger partial charge is 0.496 e. The molecule has 0 radical (unpaired) electrons. The van der Waals surface area contributed by atoms with Crippen molar-refractivity contribution < 1.29 is 4.74 Å². The van der Waals surface area contributed by atoms with Gasteiger partial charge in [0.15, 0.2) is 0 Å². The lowest BCUT2D eigenvalue weighted by Crippen LogP contribution is -2.34. The molecule has 190 valence electrons. The van der Waals surface area contributed by atoms with Crippen LogP contribution in [0.15, 0.2) is 54.7 Å². The highest BCUT2D eigenvalue weighted by Gasteiger charge is 2.40. The van der Waals surface area contributed by atoms with Crippen LogP contribution in [0.25, 0.3) is 42.2 Å². The van der Waals surface area contributed by atoms with E-state index >= 15 is 0 Å². The van der Waals surface area contributed by atoms with Crippen LogP contribution in [-0.4, -0.2) is 12.1 Å². The van der Waals surface area contributed by atoms with Crippen LogP contribution in [0.3, 0.4) is 0 Å². The second-order valence-corrected chi connectivity index (χ2v) is 14.2. The summed E-state index contributed by atoms with van der Waals surface area (Å²) in [4.78, 5) is 4.98. The van der Waals surface area contributed by atoms with Crippen LogP contribution in [0.2, 0.25) is 0 Å². The van der Waals surface area contributed by atoms with Gasteiger partial charge in [-0.05, 0) is 75.3 Å². The zero-order chi connectivity index (χ0) is 26.3. The van der Waals surface area contributed by atoms with Crippen LogP contribution < -0.4 is 4.74 Å². The number of benzene rings is 3. The van der Waals surface area contributed by atoms with Crippen molar-refractivity contribution in [2.75, 3.05) is 7.11 Å². The molecule has 2 aromatic heterocycles. The van der Waals surface area contributed by atoms with E-state index in [1.54, 1.807) is 0 Å². The second-order valence-electron chi connectivity index (χ2n) is 13.1. The first-order valence-electron chi connectivity index (χ1n) is 13.4. The SMILES string of the molecule is COc1c2c(cc3sc4c(-c5cc(C(C)(C)C)c6ccccc6c5)nccc4c13)C(C)(C)CCC2(C)C. The van der Waals surface area contributed by atoms with E-state index in [0.717, 1.165) is 17.9 Å². The monoisotopic (exact) mass is 507 g/mol. The molecule has 2 heterocycles. The van der Waals surface area contributed by atoms with Gasteiger partial charge >= 0.3 is 0 Å². The Morgan fingerprint density at radius 3 is 2.35 bits per heavy atom. The van der Waals surface area contributed by atoms with E-state index in [2.05, 4.69) is 97.0 Å². The summed E-state index contributed by atoms with van der Waals surface area (Å²) in [6.07, 6.45) is 4.33. The summed E-state index contributed by atoms with van der Waals surface area (Å²) in [6.45, 7) is 16.4. The number of hydrogen-bond acceptors (Lipinski definition) is 3. The lowest BCUT2D eigenvalue weighted by molar-refractivity contribution is 0.314. The minimum absolute atomic E-state index is 0.0309. The summed E-state index contributed by atoms with van der Waals surface area (Å²) in [5, 5.41) is 5.07. The van der Waals surface area contributed by atoms with Gasteiger partial charge < -0.3 is 4.74 Å². The number of fused-ring (bicyclic) bond motifs is 5. The van der Waals surface area contributed by atoms with Crippen molar-refractivity contribution in [3.63, 3.8) is 0 Å². The number of rotatable bonds is 2. The number of methoxy groups -OCH3 is 1. The fourth-order valence-corrected chi connectivity index (χ4v) is 7.65. The molecule has 0 N–H and O–H groups in total. The summed E-state index contributed by atoms with van der Waals surface area (Å²) in [5.74, 6) is 1.06. The van der Waals surface area contributed by atoms with Crippen molar-refractivity contribution in [1.29, 1.82) is 0 Å². The molecule has 0 spiro atoms. The first-order chi connectivity index (χ1) is 17.4. The molecular formula is C34H37NOS. The molecule has 3 aromatic carbocycles. The maximum absolute atomic E-state index is 6.27. The topological polar surface area (TPSA) is 22.1 Å². The van der Waals surface area contributed by atoms with E-state index in [1.807, 2.05) is 24.6 Å². The van der Waals surface area contributed by atoms with Gasteiger partial charge in [0.2, 0.25) is 0 Å². The Labute approximate surface area is 224 Å². The van der Waals surface area contributed by atoms with Crippen molar-refractivity contribution >= 4 is 42.3 Å². The first-order valence-corrected chi connectivity index (χ1v) is 14.2. The minimum atomic E-state index is 0.0309. The molecule has 3 heteroatoms. The van der Waals surface area contributed by atoms with E-state index in [1.165, 1.54) is 59.6 Å². The van der Waals surface area contributed by atoms with Gasteiger partial charge in [-0.25, -0.2) is 0 Å². The molecule has 0 bridgehead atoms. The minimum Gasteiger partial charge on any atom is -0.496 e. The summed E-state index contributed by atoms with van der Waals surface area (Å²) in [5.41, 5.74) is 6.67. The molecule has 2 nitrogen and oxygen atoms in total. The number of aromatic nitrogens is 1. The summed E-state index contributed by atoms with van der Waals surface area (Å²) < 4.78 is 8.81. The van der Waals surface area contributed by atoms with Gasteiger partial charge in [0.1, 0.15) is 5.75 Å². The van der Waals surface area contributed by atoms with Gasteiger partial charge in [0, 0.05) is 32.8 Å². The van der Waals surface area contributed by atoms with E-state index in [4.69, 9.17) is 9.72 Å². The van der Waals surface area contributed by atoms with Gasteiger partial charge in [0.05, 0.1) is 17.5 Å². The molecule has 0 saturated heterocycles. The molecule has 5 aromatic rings. The third-order valence-electron chi connectivity index (χ3n) is 8.56. The summed E-state index contributed by atoms with van der Waals surface area (Å²) >= 11 is 1.86. The van der Waals surface area contributed by atoms with E-state index in [-0.39, 0.29) is 16.2 Å². The van der Waals surface area contributed by atoms with Crippen molar-refractivity contribution in [2.24, 2.45) is 0 Å². The molecule has 0 saturated carbocycles. The Morgan fingerprint density at radius 1 is 0.892 bits per heavy atom. The Morgan fingerprint density at radius 2 is 1.62 bits per heavy atom. The molecule has 1 aliphatic carbocycles. The van der Waals surface area contributed by atoms with E-state index in [0.29, 0.717) is 0 Å². The van der Waals surface area contributed by atoms with Crippen LogP contribution in [0.1, 0.15) is 78.0 Å². The van der Waals surface area contributed by atoms with Crippen molar-refractivity contribution in [2.45, 2.75) is 77.6 Å². The van der Waals surface area contributed by atoms with Gasteiger partial charge in [0.25, 0.3) is 0 Å². The van der Waals surface area contributed by atoms with E-state index in [9.17, 15) is 0 Å². The normalized spacial score (nSPS) is 16.9. The smallest absolute Gasteiger partial charge is 0.132 e. The average molecular weight is 508 g/mol. The third-order valence-corrected chi connectivity index (χ3v) is 9.72. The molecule has 0 amide bonds. The lowest BCUT2D eigenvalue weighted by atomic mass is 9.62. The molecule has 37 heavy (non-hydrogen) atoms. The van der Waals surface area contributed by atoms with Crippen LogP contribution in [0.5, 0.6) is 5.75 Å².